The molecule has 0 radical (unpaired) electrons. The summed E-state index contributed by atoms with van der Waals surface area (Å²) in [7, 11) is 1.96. The quantitative estimate of drug-likeness (QED) is 0.747. The van der Waals surface area contributed by atoms with E-state index < -0.39 is 0 Å². The van der Waals surface area contributed by atoms with E-state index in [0.717, 1.165) is 27.4 Å². The number of hydrogen-bond acceptors (Lipinski definition) is 2. The number of thioether (sulfide) groups is 1. The fraction of sp³-hybridized carbons (Fsp3) is 0.200. The van der Waals surface area contributed by atoms with Gasteiger partial charge in [0.25, 0.3) is 0 Å². The number of hydrogen-bond donors (Lipinski definition) is 1. The molecule has 100 valence electrons. The molecular formula is C15H15BrClNS. The summed E-state index contributed by atoms with van der Waals surface area (Å²) in [5, 5.41) is 3.98. The van der Waals surface area contributed by atoms with Gasteiger partial charge >= 0.3 is 0 Å². The monoisotopic (exact) mass is 355 g/mol. The van der Waals surface area contributed by atoms with Crippen LogP contribution in [0, 0.1) is 0 Å². The highest BCUT2D eigenvalue weighted by Gasteiger charge is 2.03. The van der Waals surface area contributed by atoms with Gasteiger partial charge in [0, 0.05) is 26.7 Å². The van der Waals surface area contributed by atoms with Crippen LogP contribution in [-0.4, -0.2) is 7.05 Å². The molecule has 0 spiro atoms. The molecule has 0 fully saturated rings. The summed E-state index contributed by atoms with van der Waals surface area (Å²) in [6.45, 7) is 0.896. The normalized spacial score (nSPS) is 10.7. The molecule has 0 aromatic heterocycles. The fourth-order valence-corrected chi connectivity index (χ4v) is 3.55. The van der Waals surface area contributed by atoms with Gasteiger partial charge in [-0.05, 0) is 42.4 Å². The van der Waals surface area contributed by atoms with Crippen molar-refractivity contribution in [2.24, 2.45) is 0 Å². The van der Waals surface area contributed by atoms with Crippen LogP contribution in [0.5, 0.6) is 0 Å². The lowest BCUT2D eigenvalue weighted by molar-refractivity contribution is 0.815. The van der Waals surface area contributed by atoms with E-state index in [9.17, 15) is 0 Å². The highest BCUT2D eigenvalue weighted by Crippen LogP contribution is 2.29. The number of nitrogens with one attached hydrogen (secondary N) is 1. The minimum absolute atomic E-state index is 0.813. The average molecular weight is 357 g/mol. The average Bonchev–Trinajstić information content (AvgIpc) is 2.38. The van der Waals surface area contributed by atoms with Gasteiger partial charge in [-0.1, -0.05) is 45.7 Å². The predicted molar refractivity (Wildman–Crippen MR) is 87.9 cm³/mol. The van der Waals surface area contributed by atoms with Crippen LogP contribution >= 0.6 is 39.3 Å². The Balaban J connectivity index is 2.03. The third-order valence-electron chi connectivity index (χ3n) is 2.69. The summed E-state index contributed by atoms with van der Waals surface area (Å²) < 4.78 is 1.02. The van der Waals surface area contributed by atoms with Crippen LogP contribution in [-0.2, 0) is 12.3 Å². The van der Waals surface area contributed by atoms with E-state index in [1.54, 1.807) is 11.8 Å². The zero-order valence-electron chi connectivity index (χ0n) is 10.6. The lowest BCUT2D eigenvalue weighted by atomic mass is 10.2. The number of halogens is 2. The van der Waals surface area contributed by atoms with E-state index in [-0.39, 0.29) is 0 Å². The summed E-state index contributed by atoms with van der Waals surface area (Å²) in [4.78, 5) is 1.27. The van der Waals surface area contributed by atoms with Crippen LogP contribution in [0.1, 0.15) is 11.1 Å². The Labute approximate surface area is 131 Å². The lowest BCUT2D eigenvalue weighted by Gasteiger charge is -2.07. The Kier molecular flexibility index (Phi) is 5.76. The number of rotatable bonds is 5. The Morgan fingerprint density at radius 2 is 2.05 bits per heavy atom. The molecule has 19 heavy (non-hydrogen) atoms. The highest BCUT2D eigenvalue weighted by molar-refractivity contribution is 9.10. The zero-order valence-corrected chi connectivity index (χ0v) is 13.8. The third kappa shape index (κ3) is 4.53. The van der Waals surface area contributed by atoms with E-state index in [4.69, 9.17) is 11.6 Å². The van der Waals surface area contributed by atoms with Crippen molar-refractivity contribution in [3.63, 3.8) is 0 Å². The molecular weight excluding hydrogens is 342 g/mol. The minimum atomic E-state index is 0.813. The maximum Gasteiger partial charge on any atom is 0.0457 e. The zero-order chi connectivity index (χ0) is 13.7. The Morgan fingerprint density at radius 3 is 2.79 bits per heavy atom. The molecule has 0 saturated heterocycles. The second-order valence-corrected chi connectivity index (χ2v) is 6.57. The first-order valence-corrected chi connectivity index (χ1v) is 8.15. The van der Waals surface area contributed by atoms with E-state index in [2.05, 4.69) is 51.6 Å². The Morgan fingerprint density at radius 1 is 1.21 bits per heavy atom. The van der Waals surface area contributed by atoms with Crippen LogP contribution in [0.15, 0.2) is 51.8 Å². The maximum absolute atomic E-state index is 6.22. The molecule has 2 aromatic rings. The molecule has 1 nitrogen and oxygen atoms in total. The standard InChI is InChI=1S/C15H15BrClNS/c1-18-9-11-3-2-4-14(7-11)19-10-12-5-6-13(16)8-15(12)17/h2-8,18H,9-10H2,1H3. The molecule has 0 aliphatic heterocycles. The molecule has 0 saturated carbocycles. The van der Waals surface area contributed by atoms with Gasteiger partial charge in [-0.15, -0.1) is 11.8 Å². The first-order valence-electron chi connectivity index (χ1n) is 5.99. The van der Waals surface area contributed by atoms with Gasteiger partial charge in [0.15, 0.2) is 0 Å². The van der Waals surface area contributed by atoms with Gasteiger partial charge in [-0.25, -0.2) is 0 Å². The van der Waals surface area contributed by atoms with Gasteiger partial charge < -0.3 is 5.32 Å². The largest absolute Gasteiger partial charge is 0.316 e. The van der Waals surface area contributed by atoms with Gasteiger partial charge in [0.2, 0.25) is 0 Å². The number of benzene rings is 2. The summed E-state index contributed by atoms with van der Waals surface area (Å²) >= 11 is 11.5. The van der Waals surface area contributed by atoms with Crippen molar-refractivity contribution in [2.75, 3.05) is 7.05 Å². The van der Waals surface area contributed by atoms with Crippen molar-refractivity contribution in [3.05, 3.63) is 63.1 Å². The Hall–Kier alpha value is -0.480. The van der Waals surface area contributed by atoms with Crippen molar-refractivity contribution >= 4 is 39.3 Å². The molecule has 0 amide bonds. The van der Waals surface area contributed by atoms with E-state index >= 15 is 0 Å². The predicted octanol–water partition coefficient (Wildman–Crippen LogP) is 5.11. The van der Waals surface area contributed by atoms with Gasteiger partial charge in [-0.2, -0.15) is 0 Å². The maximum atomic E-state index is 6.22. The van der Waals surface area contributed by atoms with E-state index in [1.165, 1.54) is 10.5 Å². The SMILES string of the molecule is CNCc1cccc(SCc2ccc(Br)cc2Cl)c1. The molecule has 0 aliphatic carbocycles. The van der Waals surface area contributed by atoms with Gasteiger partial charge in [0.1, 0.15) is 0 Å². The smallest absolute Gasteiger partial charge is 0.0457 e. The topological polar surface area (TPSA) is 12.0 Å². The molecule has 0 bridgehead atoms. The second-order valence-electron chi connectivity index (χ2n) is 4.20. The first-order chi connectivity index (χ1) is 9.19. The van der Waals surface area contributed by atoms with Crippen molar-refractivity contribution in [1.82, 2.24) is 5.32 Å². The molecule has 0 atom stereocenters. The van der Waals surface area contributed by atoms with Crippen molar-refractivity contribution < 1.29 is 0 Å². The summed E-state index contributed by atoms with van der Waals surface area (Å²) in [6, 6.07) is 14.6. The van der Waals surface area contributed by atoms with Crippen LogP contribution in [0.3, 0.4) is 0 Å². The van der Waals surface area contributed by atoms with Gasteiger partial charge in [-0.3, -0.25) is 0 Å². The fourth-order valence-electron chi connectivity index (χ4n) is 1.75. The van der Waals surface area contributed by atoms with Crippen LogP contribution < -0.4 is 5.32 Å². The van der Waals surface area contributed by atoms with E-state index in [0.29, 0.717) is 0 Å². The van der Waals surface area contributed by atoms with Crippen molar-refractivity contribution in [1.29, 1.82) is 0 Å². The van der Waals surface area contributed by atoms with E-state index in [1.807, 2.05) is 19.2 Å². The van der Waals surface area contributed by atoms with Crippen molar-refractivity contribution in [2.45, 2.75) is 17.2 Å². The molecule has 1 N–H and O–H groups in total. The molecule has 0 heterocycles. The molecule has 4 heteroatoms. The molecule has 2 rings (SSSR count). The van der Waals surface area contributed by atoms with Crippen LogP contribution in [0.4, 0.5) is 0 Å². The van der Waals surface area contributed by atoms with Gasteiger partial charge in [0.05, 0.1) is 0 Å². The van der Waals surface area contributed by atoms with Crippen molar-refractivity contribution in [3.8, 4) is 0 Å². The molecule has 0 unspecified atom stereocenters. The van der Waals surface area contributed by atoms with Crippen LogP contribution in [0.25, 0.3) is 0 Å². The Bertz CT molecular complexity index is 560. The highest BCUT2D eigenvalue weighted by atomic mass is 79.9. The lowest BCUT2D eigenvalue weighted by Crippen LogP contribution is -2.04. The summed E-state index contributed by atoms with van der Waals surface area (Å²) in [6.07, 6.45) is 0. The summed E-state index contributed by atoms with van der Waals surface area (Å²) in [5.41, 5.74) is 2.46. The van der Waals surface area contributed by atoms with Crippen LogP contribution in [0.2, 0.25) is 5.02 Å². The summed E-state index contributed by atoms with van der Waals surface area (Å²) in [5.74, 6) is 0.884. The third-order valence-corrected chi connectivity index (χ3v) is 4.58. The molecule has 2 aromatic carbocycles. The minimum Gasteiger partial charge on any atom is -0.316 e. The second kappa shape index (κ2) is 7.34. The molecule has 0 aliphatic rings. The first kappa shape index (κ1) is 14.9.